The van der Waals surface area contributed by atoms with Crippen LogP contribution in [0, 0.1) is 13.8 Å². The van der Waals surface area contributed by atoms with Crippen LogP contribution in [0.3, 0.4) is 0 Å². The van der Waals surface area contributed by atoms with Gasteiger partial charge in [0.25, 0.3) is 5.91 Å². The van der Waals surface area contributed by atoms with Crippen LogP contribution < -0.4 is 14.2 Å². The van der Waals surface area contributed by atoms with Gasteiger partial charge in [-0.2, -0.15) is 0 Å². The van der Waals surface area contributed by atoms with E-state index in [1.807, 2.05) is 49.1 Å². The van der Waals surface area contributed by atoms with Crippen LogP contribution in [-0.4, -0.2) is 50.8 Å². The minimum Gasteiger partial charge on any atom is -0.493 e. The van der Waals surface area contributed by atoms with Crippen LogP contribution >= 0.6 is 0 Å². The maximum Gasteiger partial charge on any atom is 0.338 e. The number of aryl methyl sites for hydroxylation is 2. The quantitative estimate of drug-likeness (QED) is 0.388. The molecule has 3 aromatic rings. The van der Waals surface area contributed by atoms with Gasteiger partial charge in [-0.1, -0.05) is 6.07 Å². The van der Waals surface area contributed by atoms with Crippen molar-refractivity contribution in [2.24, 2.45) is 0 Å². The Balaban J connectivity index is 1.65. The normalized spacial score (nSPS) is 14.5. The molecule has 1 atom stereocenters. The van der Waals surface area contributed by atoms with Crippen molar-refractivity contribution in [3.05, 3.63) is 88.0 Å². The summed E-state index contributed by atoms with van der Waals surface area (Å²) in [5, 5.41) is 0. The lowest BCUT2D eigenvalue weighted by Gasteiger charge is -2.37. The summed E-state index contributed by atoms with van der Waals surface area (Å²) in [5.41, 5.74) is 5.38. The molecule has 0 spiro atoms. The van der Waals surface area contributed by atoms with E-state index in [4.69, 9.17) is 18.9 Å². The smallest absolute Gasteiger partial charge is 0.338 e. The van der Waals surface area contributed by atoms with E-state index in [0.29, 0.717) is 47.9 Å². The van der Waals surface area contributed by atoms with E-state index < -0.39 is 0 Å². The van der Waals surface area contributed by atoms with Crippen molar-refractivity contribution in [3.8, 4) is 17.2 Å². The molecule has 1 aliphatic rings. The molecule has 1 amide bonds. The molecule has 37 heavy (non-hydrogen) atoms. The Kier molecular flexibility index (Phi) is 8.01. The summed E-state index contributed by atoms with van der Waals surface area (Å²) >= 11 is 0. The molecule has 1 heterocycles. The number of ether oxygens (including phenoxy) is 4. The van der Waals surface area contributed by atoms with Gasteiger partial charge in [0, 0.05) is 12.1 Å². The number of amides is 1. The fourth-order valence-corrected chi connectivity index (χ4v) is 4.57. The van der Waals surface area contributed by atoms with Gasteiger partial charge in [-0.15, -0.1) is 0 Å². The van der Waals surface area contributed by atoms with Gasteiger partial charge < -0.3 is 23.8 Å². The van der Waals surface area contributed by atoms with Crippen LogP contribution in [0.15, 0.2) is 54.6 Å². The molecule has 0 radical (unpaired) electrons. The summed E-state index contributed by atoms with van der Waals surface area (Å²) in [6, 6.07) is 16.2. The van der Waals surface area contributed by atoms with Crippen molar-refractivity contribution >= 4 is 11.9 Å². The monoisotopic (exact) mass is 503 g/mol. The summed E-state index contributed by atoms with van der Waals surface area (Å²) in [6.07, 6.45) is 0.691. The van der Waals surface area contributed by atoms with Crippen LogP contribution in [0.5, 0.6) is 17.2 Å². The third-order valence-electron chi connectivity index (χ3n) is 6.79. The van der Waals surface area contributed by atoms with Crippen molar-refractivity contribution in [3.63, 3.8) is 0 Å². The van der Waals surface area contributed by atoms with Gasteiger partial charge in [0.1, 0.15) is 12.4 Å². The van der Waals surface area contributed by atoms with Gasteiger partial charge in [-0.3, -0.25) is 4.79 Å². The molecule has 4 rings (SSSR count). The van der Waals surface area contributed by atoms with E-state index in [1.165, 1.54) is 0 Å². The van der Waals surface area contributed by atoms with Crippen LogP contribution in [0.4, 0.5) is 0 Å². The van der Waals surface area contributed by atoms with Gasteiger partial charge in [-0.25, -0.2) is 4.79 Å². The molecule has 0 aromatic heterocycles. The molecule has 0 saturated heterocycles. The molecule has 7 heteroatoms. The predicted molar refractivity (Wildman–Crippen MR) is 141 cm³/mol. The van der Waals surface area contributed by atoms with Crippen molar-refractivity contribution < 1.29 is 28.5 Å². The highest BCUT2D eigenvalue weighted by Crippen LogP contribution is 2.39. The Bertz CT molecular complexity index is 1280. The molecule has 0 fully saturated rings. The van der Waals surface area contributed by atoms with Crippen molar-refractivity contribution in [2.45, 2.75) is 33.2 Å². The number of carbonyl (C=O) groups is 2. The van der Waals surface area contributed by atoms with E-state index in [-0.39, 0.29) is 24.5 Å². The van der Waals surface area contributed by atoms with E-state index >= 15 is 0 Å². The third-order valence-corrected chi connectivity index (χ3v) is 6.79. The highest BCUT2D eigenvalue weighted by Gasteiger charge is 2.33. The first-order valence-corrected chi connectivity index (χ1v) is 12.4. The van der Waals surface area contributed by atoms with Crippen molar-refractivity contribution in [1.82, 2.24) is 4.90 Å². The largest absolute Gasteiger partial charge is 0.493 e. The molecular formula is C30H33NO6. The zero-order chi connectivity index (χ0) is 26.5. The summed E-state index contributed by atoms with van der Waals surface area (Å²) < 4.78 is 22.3. The van der Waals surface area contributed by atoms with Crippen molar-refractivity contribution in [1.29, 1.82) is 0 Å². The number of fused-ring (bicyclic) bond motifs is 1. The molecule has 194 valence electrons. The standard InChI is InChI=1S/C30H33NO6/c1-6-36-30(33)21-9-11-24(12-10-21)37-18-26-25-17-28(35-5)27(34-4)16-22(25)13-14-31(26)29(32)23-8-7-19(2)20(3)15-23/h7-12,15-17,26H,6,13-14,18H2,1-5H3/t26-/m1/s1. The van der Waals surface area contributed by atoms with Crippen LogP contribution in [0.2, 0.25) is 0 Å². The van der Waals surface area contributed by atoms with Crippen LogP contribution in [-0.2, 0) is 11.2 Å². The number of methoxy groups -OCH3 is 2. The average Bonchev–Trinajstić information content (AvgIpc) is 2.92. The third kappa shape index (κ3) is 5.56. The molecule has 0 unspecified atom stereocenters. The fourth-order valence-electron chi connectivity index (χ4n) is 4.57. The highest BCUT2D eigenvalue weighted by molar-refractivity contribution is 5.95. The average molecular weight is 504 g/mol. The summed E-state index contributed by atoms with van der Waals surface area (Å²) in [5.74, 6) is 1.44. The lowest BCUT2D eigenvalue weighted by molar-refractivity contribution is 0.0524. The molecule has 3 aromatic carbocycles. The molecule has 0 bridgehead atoms. The molecule has 1 aliphatic heterocycles. The van der Waals surface area contributed by atoms with E-state index in [1.54, 1.807) is 45.4 Å². The lowest BCUT2D eigenvalue weighted by atomic mass is 9.91. The molecule has 0 saturated carbocycles. The van der Waals surface area contributed by atoms with Gasteiger partial charge in [0.05, 0.1) is 32.4 Å². The van der Waals surface area contributed by atoms with Gasteiger partial charge in [0.15, 0.2) is 11.5 Å². The van der Waals surface area contributed by atoms with E-state index in [0.717, 1.165) is 22.3 Å². The van der Waals surface area contributed by atoms with Crippen LogP contribution in [0.1, 0.15) is 55.9 Å². The van der Waals surface area contributed by atoms with Crippen LogP contribution in [0.25, 0.3) is 0 Å². The lowest BCUT2D eigenvalue weighted by Crippen LogP contribution is -2.42. The highest BCUT2D eigenvalue weighted by atomic mass is 16.5. The number of hydrogen-bond acceptors (Lipinski definition) is 6. The maximum atomic E-state index is 13.7. The van der Waals surface area contributed by atoms with Gasteiger partial charge in [0.2, 0.25) is 0 Å². The Morgan fingerprint density at radius 1 is 0.892 bits per heavy atom. The first-order valence-electron chi connectivity index (χ1n) is 12.4. The van der Waals surface area contributed by atoms with Gasteiger partial charge >= 0.3 is 5.97 Å². The number of carbonyl (C=O) groups excluding carboxylic acids is 2. The van der Waals surface area contributed by atoms with E-state index in [2.05, 4.69) is 0 Å². The zero-order valence-corrected chi connectivity index (χ0v) is 22.0. The zero-order valence-electron chi connectivity index (χ0n) is 22.0. The SMILES string of the molecule is CCOC(=O)c1ccc(OC[C@@H]2c3cc(OC)c(OC)cc3CCN2C(=O)c2ccc(C)c(C)c2)cc1. The number of benzene rings is 3. The summed E-state index contributed by atoms with van der Waals surface area (Å²) in [6.45, 7) is 6.91. The Labute approximate surface area is 217 Å². The second kappa shape index (κ2) is 11.4. The Morgan fingerprint density at radius 3 is 2.22 bits per heavy atom. The first-order chi connectivity index (χ1) is 17.9. The second-order valence-corrected chi connectivity index (χ2v) is 9.03. The van der Waals surface area contributed by atoms with E-state index in [9.17, 15) is 9.59 Å². The molecular weight excluding hydrogens is 470 g/mol. The fraction of sp³-hybridized carbons (Fsp3) is 0.333. The summed E-state index contributed by atoms with van der Waals surface area (Å²) in [4.78, 5) is 27.6. The molecule has 0 aliphatic carbocycles. The number of rotatable bonds is 8. The summed E-state index contributed by atoms with van der Waals surface area (Å²) in [7, 11) is 3.21. The topological polar surface area (TPSA) is 74.3 Å². The number of nitrogens with zero attached hydrogens (tertiary/aromatic N) is 1. The molecule has 7 nitrogen and oxygen atoms in total. The second-order valence-electron chi connectivity index (χ2n) is 9.03. The minimum absolute atomic E-state index is 0.0465. The number of esters is 1. The first kappa shape index (κ1) is 26.1. The number of hydrogen-bond donors (Lipinski definition) is 0. The minimum atomic E-state index is -0.374. The molecule has 0 N–H and O–H groups in total. The maximum absolute atomic E-state index is 13.7. The predicted octanol–water partition coefficient (Wildman–Crippen LogP) is 5.32. The Morgan fingerprint density at radius 2 is 1.57 bits per heavy atom. The van der Waals surface area contributed by atoms with Gasteiger partial charge in [-0.05, 0) is 98.0 Å². The van der Waals surface area contributed by atoms with Crippen molar-refractivity contribution in [2.75, 3.05) is 34.0 Å². The Hall–Kier alpha value is -4.00.